The first-order chi connectivity index (χ1) is 8.82. The zero-order valence-electron chi connectivity index (χ0n) is 12.1. The number of nitrogens with zero attached hydrogens (tertiary/aromatic N) is 2. The van der Waals surface area contributed by atoms with Crippen molar-refractivity contribution in [3.63, 3.8) is 0 Å². The highest BCUT2D eigenvalue weighted by atomic mass is 16.5. The minimum absolute atomic E-state index is 0.0380. The molecule has 19 heavy (non-hydrogen) atoms. The summed E-state index contributed by atoms with van der Waals surface area (Å²) in [6.07, 6.45) is -0.826. The number of carboxylic acids is 1. The summed E-state index contributed by atoms with van der Waals surface area (Å²) >= 11 is 0. The molecule has 1 rings (SSSR count). The summed E-state index contributed by atoms with van der Waals surface area (Å²) in [5, 5.41) is 8.93. The molecule has 1 unspecified atom stereocenters. The third kappa shape index (κ3) is 4.47. The zero-order chi connectivity index (χ0) is 14.6. The number of hydrogen-bond acceptors (Lipinski definition) is 4. The molecule has 0 aromatic carbocycles. The van der Waals surface area contributed by atoms with Crippen LogP contribution in [0.2, 0.25) is 0 Å². The van der Waals surface area contributed by atoms with Crippen LogP contribution in [0, 0.1) is 0 Å². The van der Waals surface area contributed by atoms with Crippen molar-refractivity contribution in [3.8, 4) is 0 Å². The Hall–Kier alpha value is -1.14. The molecule has 6 nitrogen and oxygen atoms in total. The SMILES string of the molecule is CC(C)N(C(=O)CN1CCOC(C(=O)O)C1)C(C)C. The Balaban J connectivity index is 2.58. The van der Waals surface area contributed by atoms with E-state index in [0.29, 0.717) is 13.2 Å². The van der Waals surface area contributed by atoms with Crippen molar-refractivity contribution in [1.29, 1.82) is 0 Å². The number of rotatable bonds is 5. The first-order valence-electron chi connectivity index (χ1n) is 6.70. The largest absolute Gasteiger partial charge is 0.479 e. The van der Waals surface area contributed by atoms with Gasteiger partial charge in [-0.15, -0.1) is 0 Å². The van der Waals surface area contributed by atoms with Gasteiger partial charge >= 0.3 is 5.97 Å². The normalized spacial score (nSPS) is 20.8. The number of ether oxygens (including phenoxy) is 1. The second-order valence-corrected chi connectivity index (χ2v) is 5.42. The second-order valence-electron chi connectivity index (χ2n) is 5.42. The molecule has 110 valence electrons. The molecule has 1 aliphatic rings. The average Bonchev–Trinajstić information content (AvgIpc) is 2.27. The van der Waals surface area contributed by atoms with Crippen LogP contribution in [0.5, 0.6) is 0 Å². The van der Waals surface area contributed by atoms with Gasteiger partial charge in [0.1, 0.15) is 0 Å². The van der Waals surface area contributed by atoms with E-state index in [0.717, 1.165) is 0 Å². The van der Waals surface area contributed by atoms with E-state index in [1.54, 1.807) is 0 Å². The minimum Gasteiger partial charge on any atom is -0.479 e. The number of morpholine rings is 1. The molecule has 1 fully saturated rings. The fraction of sp³-hybridized carbons (Fsp3) is 0.846. The zero-order valence-corrected chi connectivity index (χ0v) is 12.1. The summed E-state index contributed by atoms with van der Waals surface area (Å²) in [5.74, 6) is -0.933. The number of amides is 1. The van der Waals surface area contributed by atoms with Gasteiger partial charge in [0.2, 0.25) is 5.91 Å². The molecule has 1 aliphatic heterocycles. The Bertz CT molecular complexity index is 323. The molecule has 1 saturated heterocycles. The minimum atomic E-state index is -0.971. The number of hydrogen-bond donors (Lipinski definition) is 1. The molecule has 1 atom stereocenters. The number of carboxylic acid groups (broad SMARTS) is 1. The van der Waals surface area contributed by atoms with Crippen molar-refractivity contribution >= 4 is 11.9 Å². The van der Waals surface area contributed by atoms with Gasteiger partial charge in [-0.1, -0.05) is 0 Å². The van der Waals surface area contributed by atoms with E-state index in [4.69, 9.17) is 9.84 Å². The number of aliphatic carboxylic acids is 1. The van der Waals surface area contributed by atoms with Gasteiger partial charge in [0.15, 0.2) is 6.10 Å². The first-order valence-corrected chi connectivity index (χ1v) is 6.70. The van der Waals surface area contributed by atoms with Crippen LogP contribution < -0.4 is 0 Å². The Kier molecular flexibility index (Phi) is 5.75. The third-order valence-corrected chi connectivity index (χ3v) is 3.19. The Morgan fingerprint density at radius 1 is 1.32 bits per heavy atom. The second kappa shape index (κ2) is 6.86. The maximum atomic E-state index is 12.3. The topological polar surface area (TPSA) is 70.1 Å². The van der Waals surface area contributed by atoms with Crippen LogP contribution in [0.3, 0.4) is 0 Å². The molecule has 0 aliphatic carbocycles. The summed E-state index contributed by atoms with van der Waals surface area (Å²) in [6.45, 7) is 9.41. The Labute approximate surface area is 114 Å². The van der Waals surface area contributed by atoms with Crippen molar-refractivity contribution in [2.75, 3.05) is 26.2 Å². The van der Waals surface area contributed by atoms with Crippen molar-refractivity contribution in [3.05, 3.63) is 0 Å². The van der Waals surface area contributed by atoms with E-state index >= 15 is 0 Å². The van der Waals surface area contributed by atoms with E-state index in [2.05, 4.69) is 0 Å². The lowest BCUT2D eigenvalue weighted by Crippen LogP contribution is -2.52. The molecule has 1 amide bonds. The molecule has 0 spiro atoms. The smallest absolute Gasteiger partial charge is 0.334 e. The van der Waals surface area contributed by atoms with Crippen LogP contribution >= 0.6 is 0 Å². The Morgan fingerprint density at radius 2 is 1.89 bits per heavy atom. The standard InChI is InChI=1S/C13H24N2O4/c1-9(2)15(10(3)4)12(16)8-14-5-6-19-11(7-14)13(17)18/h9-11H,5-8H2,1-4H3,(H,17,18). The molecule has 0 aromatic heterocycles. The number of carbonyl (C=O) groups is 2. The monoisotopic (exact) mass is 272 g/mol. The lowest BCUT2D eigenvalue weighted by molar-refractivity contribution is -0.157. The van der Waals surface area contributed by atoms with Crippen LogP contribution in [0.25, 0.3) is 0 Å². The van der Waals surface area contributed by atoms with Crippen LogP contribution in [0.4, 0.5) is 0 Å². The van der Waals surface area contributed by atoms with Gasteiger partial charge in [-0.25, -0.2) is 4.79 Å². The summed E-state index contributed by atoms with van der Waals surface area (Å²) < 4.78 is 5.14. The fourth-order valence-corrected chi connectivity index (χ4v) is 2.44. The maximum absolute atomic E-state index is 12.3. The molecule has 6 heteroatoms. The average molecular weight is 272 g/mol. The van der Waals surface area contributed by atoms with E-state index < -0.39 is 12.1 Å². The van der Waals surface area contributed by atoms with Crippen LogP contribution in [-0.2, 0) is 14.3 Å². The van der Waals surface area contributed by atoms with Gasteiger partial charge < -0.3 is 14.7 Å². The summed E-state index contributed by atoms with van der Waals surface area (Å²) in [6, 6.07) is 0.285. The van der Waals surface area contributed by atoms with Gasteiger partial charge in [-0.2, -0.15) is 0 Å². The van der Waals surface area contributed by atoms with E-state index in [9.17, 15) is 9.59 Å². The van der Waals surface area contributed by atoms with Gasteiger partial charge in [0.25, 0.3) is 0 Å². The van der Waals surface area contributed by atoms with Gasteiger partial charge in [-0.3, -0.25) is 9.69 Å². The maximum Gasteiger partial charge on any atom is 0.334 e. The molecule has 0 saturated carbocycles. The molecule has 1 N–H and O–H groups in total. The fourth-order valence-electron chi connectivity index (χ4n) is 2.44. The summed E-state index contributed by atoms with van der Waals surface area (Å²) in [4.78, 5) is 26.8. The summed E-state index contributed by atoms with van der Waals surface area (Å²) in [7, 11) is 0. The highest BCUT2D eigenvalue weighted by molar-refractivity contribution is 5.79. The molecular formula is C13H24N2O4. The van der Waals surface area contributed by atoms with Gasteiger partial charge in [-0.05, 0) is 27.7 Å². The summed E-state index contributed by atoms with van der Waals surface area (Å²) in [5.41, 5.74) is 0. The Morgan fingerprint density at radius 3 is 2.37 bits per heavy atom. The van der Waals surface area contributed by atoms with Crippen molar-refractivity contribution in [2.24, 2.45) is 0 Å². The van der Waals surface area contributed by atoms with Crippen LogP contribution in [0.1, 0.15) is 27.7 Å². The van der Waals surface area contributed by atoms with Gasteiger partial charge in [0, 0.05) is 25.2 Å². The van der Waals surface area contributed by atoms with Crippen molar-refractivity contribution in [2.45, 2.75) is 45.9 Å². The predicted octanol–water partition coefficient (Wildman–Crippen LogP) is 0.417. The van der Waals surface area contributed by atoms with E-state index in [1.165, 1.54) is 0 Å². The van der Waals surface area contributed by atoms with Gasteiger partial charge in [0.05, 0.1) is 13.2 Å². The van der Waals surface area contributed by atoms with Crippen LogP contribution in [0.15, 0.2) is 0 Å². The predicted molar refractivity (Wildman–Crippen MR) is 70.9 cm³/mol. The molecule has 0 bridgehead atoms. The van der Waals surface area contributed by atoms with Crippen molar-refractivity contribution < 1.29 is 19.4 Å². The molecular weight excluding hydrogens is 248 g/mol. The highest BCUT2D eigenvalue weighted by Gasteiger charge is 2.29. The quantitative estimate of drug-likeness (QED) is 0.785. The lowest BCUT2D eigenvalue weighted by Gasteiger charge is -2.35. The van der Waals surface area contributed by atoms with Crippen molar-refractivity contribution in [1.82, 2.24) is 9.80 Å². The molecule has 1 heterocycles. The third-order valence-electron chi connectivity index (χ3n) is 3.19. The molecule has 0 radical (unpaired) electrons. The molecule has 0 aromatic rings. The number of carbonyl (C=O) groups excluding carboxylic acids is 1. The highest BCUT2D eigenvalue weighted by Crippen LogP contribution is 2.09. The first kappa shape index (κ1) is 15.9. The van der Waals surface area contributed by atoms with Crippen LogP contribution in [-0.4, -0.2) is 71.2 Å². The van der Waals surface area contributed by atoms with E-state index in [1.807, 2.05) is 37.5 Å². The van der Waals surface area contributed by atoms with E-state index in [-0.39, 0.29) is 31.1 Å². The lowest BCUT2D eigenvalue weighted by atomic mass is 10.2.